The second kappa shape index (κ2) is 9.17. The number of carbonyl (C=O) groups excluding carboxylic acids is 2. The van der Waals surface area contributed by atoms with Gasteiger partial charge in [-0.2, -0.15) is 0 Å². The maximum atomic E-state index is 13.1. The van der Waals surface area contributed by atoms with Gasteiger partial charge in [-0.3, -0.25) is 4.79 Å². The zero-order valence-corrected chi connectivity index (χ0v) is 19.5. The first-order chi connectivity index (χ1) is 15.7. The van der Waals surface area contributed by atoms with Crippen LogP contribution < -0.4 is 10.1 Å². The molecule has 7 nitrogen and oxygen atoms in total. The fourth-order valence-corrected chi connectivity index (χ4v) is 3.94. The summed E-state index contributed by atoms with van der Waals surface area (Å²) in [5, 5.41) is 3.76. The summed E-state index contributed by atoms with van der Waals surface area (Å²) in [5.41, 5.74) is 1.64. The highest BCUT2D eigenvalue weighted by Crippen LogP contribution is 2.30. The van der Waals surface area contributed by atoms with Crippen LogP contribution in [0.4, 0.5) is 4.79 Å². The minimum atomic E-state index is -0.550. The normalized spacial score (nSPS) is 16.1. The number of hydrogen-bond donors (Lipinski definition) is 1. The van der Waals surface area contributed by atoms with E-state index in [1.165, 1.54) is 0 Å². The summed E-state index contributed by atoms with van der Waals surface area (Å²) in [6.07, 6.45) is 0.315. The average Bonchev–Trinajstić information content (AvgIpc) is 3.35. The molecule has 7 heteroatoms. The maximum absolute atomic E-state index is 13.1. The molecule has 1 fully saturated rings. The molecule has 1 unspecified atom stereocenters. The van der Waals surface area contributed by atoms with Crippen LogP contribution >= 0.6 is 0 Å². The van der Waals surface area contributed by atoms with Crippen molar-refractivity contribution in [3.05, 3.63) is 65.4 Å². The molecule has 2 heterocycles. The zero-order chi connectivity index (χ0) is 23.6. The Balaban J connectivity index is 1.44. The van der Waals surface area contributed by atoms with E-state index in [9.17, 15) is 9.59 Å². The highest BCUT2D eigenvalue weighted by molar-refractivity contribution is 6.07. The second-order valence-corrected chi connectivity index (χ2v) is 9.35. The summed E-state index contributed by atoms with van der Waals surface area (Å²) in [6, 6.07) is 15.3. The van der Waals surface area contributed by atoms with Crippen LogP contribution in [-0.2, 0) is 11.3 Å². The van der Waals surface area contributed by atoms with Crippen molar-refractivity contribution in [3.63, 3.8) is 0 Å². The number of ether oxygens (including phenoxy) is 2. The molecule has 2 amide bonds. The minimum absolute atomic E-state index is 0.146. The topological polar surface area (TPSA) is 81.0 Å². The molecule has 0 saturated carbocycles. The Morgan fingerprint density at radius 3 is 2.64 bits per heavy atom. The Morgan fingerprint density at radius 2 is 1.91 bits per heavy atom. The largest absolute Gasteiger partial charge is 0.489 e. The second-order valence-electron chi connectivity index (χ2n) is 9.35. The lowest BCUT2D eigenvalue weighted by molar-refractivity contribution is 0.0290. The molecular weight excluding hydrogens is 420 g/mol. The van der Waals surface area contributed by atoms with Crippen molar-refractivity contribution in [2.75, 3.05) is 13.1 Å². The maximum Gasteiger partial charge on any atom is 0.410 e. The van der Waals surface area contributed by atoms with Gasteiger partial charge in [0.05, 0.1) is 5.56 Å². The van der Waals surface area contributed by atoms with E-state index in [0.29, 0.717) is 54.2 Å². The van der Waals surface area contributed by atoms with Gasteiger partial charge in [-0.25, -0.2) is 4.79 Å². The summed E-state index contributed by atoms with van der Waals surface area (Å²) >= 11 is 0. The zero-order valence-electron chi connectivity index (χ0n) is 19.5. The molecular formula is C26H30N2O5. The number of rotatable bonds is 5. The van der Waals surface area contributed by atoms with Gasteiger partial charge in [-0.1, -0.05) is 30.3 Å². The van der Waals surface area contributed by atoms with Gasteiger partial charge >= 0.3 is 6.09 Å². The highest BCUT2D eigenvalue weighted by atomic mass is 16.6. The van der Waals surface area contributed by atoms with Gasteiger partial charge in [-0.15, -0.1) is 0 Å². The molecule has 1 aliphatic rings. The third kappa shape index (κ3) is 5.48. The number of likely N-dealkylation sites (tertiary alicyclic amines) is 1. The van der Waals surface area contributed by atoms with Crippen molar-refractivity contribution in [2.24, 2.45) is 0 Å². The molecule has 3 aromatic rings. The van der Waals surface area contributed by atoms with E-state index < -0.39 is 5.60 Å². The number of aryl methyl sites for hydroxylation is 1. The number of fused-ring (bicyclic) bond motifs is 1. The van der Waals surface area contributed by atoms with Crippen LogP contribution in [0.2, 0.25) is 0 Å². The number of furan rings is 1. The average molecular weight is 451 g/mol. The van der Waals surface area contributed by atoms with Crippen molar-refractivity contribution in [1.82, 2.24) is 10.2 Å². The van der Waals surface area contributed by atoms with Crippen LogP contribution in [0, 0.1) is 6.92 Å². The third-order valence-electron chi connectivity index (χ3n) is 5.49. The summed E-state index contributed by atoms with van der Waals surface area (Å²) in [6.45, 7) is 8.69. The van der Waals surface area contributed by atoms with Crippen LogP contribution in [0.3, 0.4) is 0 Å². The van der Waals surface area contributed by atoms with Gasteiger partial charge in [0.25, 0.3) is 5.91 Å². The molecule has 1 atom stereocenters. The third-order valence-corrected chi connectivity index (χ3v) is 5.49. The van der Waals surface area contributed by atoms with Crippen molar-refractivity contribution in [1.29, 1.82) is 0 Å². The quantitative estimate of drug-likeness (QED) is 0.588. The summed E-state index contributed by atoms with van der Waals surface area (Å²) < 4.78 is 17.2. The number of nitrogens with zero attached hydrogens (tertiary/aromatic N) is 1. The Kier molecular flexibility index (Phi) is 6.31. The molecule has 4 rings (SSSR count). The summed E-state index contributed by atoms with van der Waals surface area (Å²) in [5.74, 6) is 0.991. The lowest BCUT2D eigenvalue weighted by atomic mass is 10.1. The molecule has 1 saturated heterocycles. The number of carbonyl (C=O) groups is 2. The van der Waals surface area contributed by atoms with Crippen molar-refractivity contribution >= 4 is 23.0 Å². The minimum Gasteiger partial charge on any atom is -0.489 e. The number of amides is 2. The lowest BCUT2D eigenvalue weighted by Crippen LogP contribution is -2.40. The van der Waals surface area contributed by atoms with Crippen LogP contribution in [0.25, 0.3) is 11.0 Å². The van der Waals surface area contributed by atoms with Crippen LogP contribution in [0.1, 0.15) is 48.9 Å². The molecule has 1 aliphatic heterocycles. The van der Waals surface area contributed by atoms with E-state index in [4.69, 9.17) is 13.9 Å². The Hall–Kier alpha value is -3.48. The Morgan fingerprint density at radius 1 is 1.15 bits per heavy atom. The molecule has 0 spiro atoms. The van der Waals surface area contributed by atoms with E-state index in [1.54, 1.807) is 11.8 Å². The highest BCUT2D eigenvalue weighted by Gasteiger charge is 2.31. The van der Waals surface area contributed by atoms with Crippen LogP contribution in [0.15, 0.2) is 52.9 Å². The van der Waals surface area contributed by atoms with E-state index in [2.05, 4.69) is 5.32 Å². The number of benzene rings is 2. The van der Waals surface area contributed by atoms with Crippen molar-refractivity contribution in [2.45, 2.75) is 52.4 Å². The van der Waals surface area contributed by atoms with E-state index in [1.807, 2.05) is 69.3 Å². The van der Waals surface area contributed by atoms with Gasteiger partial charge in [0, 0.05) is 24.5 Å². The first kappa shape index (κ1) is 22.7. The molecule has 2 aromatic carbocycles. The predicted octanol–water partition coefficient (Wildman–Crippen LogP) is 5.06. The number of nitrogens with one attached hydrogen (secondary N) is 1. The molecule has 1 N–H and O–H groups in total. The van der Waals surface area contributed by atoms with Crippen LogP contribution in [0.5, 0.6) is 5.75 Å². The molecule has 174 valence electrons. The molecule has 0 bridgehead atoms. The Bertz CT molecular complexity index is 1150. The predicted molar refractivity (Wildman–Crippen MR) is 125 cm³/mol. The molecule has 0 radical (unpaired) electrons. The van der Waals surface area contributed by atoms with Crippen LogP contribution in [-0.4, -0.2) is 41.6 Å². The summed E-state index contributed by atoms with van der Waals surface area (Å²) in [7, 11) is 0. The first-order valence-electron chi connectivity index (χ1n) is 11.2. The molecule has 1 aromatic heterocycles. The molecule has 0 aliphatic carbocycles. The first-order valence-corrected chi connectivity index (χ1v) is 11.2. The molecule has 33 heavy (non-hydrogen) atoms. The van der Waals surface area contributed by atoms with Crippen molar-refractivity contribution < 1.29 is 23.5 Å². The van der Waals surface area contributed by atoms with Crippen molar-refractivity contribution in [3.8, 4) is 5.75 Å². The van der Waals surface area contributed by atoms with Gasteiger partial charge in [0.1, 0.15) is 29.3 Å². The fourth-order valence-electron chi connectivity index (χ4n) is 3.94. The van der Waals surface area contributed by atoms with Gasteiger partial charge < -0.3 is 24.1 Å². The Labute approximate surface area is 193 Å². The van der Waals surface area contributed by atoms with Gasteiger partial charge in [-0.05, 0) is 57.9 Å². The smallest absolute Gasteiger partial charge is 0.410 e. The number of hydrogen-bond acceptors (Lipinski definition) is 5. The van der Waals surface area contributed by atoms with E-state index >= 15 is 0 Å². The van der Waals surface area contributed by atoms with E-state index in [0.717, 1.165) is 5.56 Å². The fraction of sp³-hybridized carbons (Fsp3) is 0.385. The van der Waals surface area contributed by atoms with Gasteiger partial charge in [0.15, 0.2) is 0 Å². The standard InChI is InChI=1S/C26H30N2O5/c1-17-23(24(29)27-19-12-13-28(15-19)25(30)33-26(2,3)4)21-14-20(10-11-22(21)32-17)31-16-18-8-6-5-7-9-18/h5-11,14,19H,12-13,15-16H2,1-4H3,(H,27,29). The van der Waals surface area contributed by atoms with E-state index in [-0.39, 0.29) is 18.0 Å². The SMILES string of the molecule is Cc1oc2ccc(OCc3ccccc3)cc2c1C(=O)NC1CCN(C(=O)OC(C)(C)C)C1. The lowest BCUT2D eigenvalue weighted by Gasteiger charge is -2.24. The monoisotopic (exact) mass is 450 g/mol. The van der Waals surface area contributed by atoms with Gasteiger partial charge in [0.2, 0.25) is 0 Å². The summed E-state index contributed by atoms with van der Waals surface area (Å²) in [4.78, 5) is 27.1.